The number of benzene rings is 3. The number of ether oxygens (including phenoxy) is 1. The Morgan fingerprint density at radius 3 is 2.53 bits per heavy atom. The average Bonchev–Trinajstić information content (AvgIpc) is 2.80. The van der Waals surface area contributed by atoms with Crippen molar-refractivity contribution in [2.24, 2.45) is 0 Å². The highest BCUT2D eigenvalue weighted by Crippen LogP contribution is 2.21. The predicted octanol–water partition coefficient (Wildman–Crippen LogP) is 3.51. The summed E-state index contributed by atoms with van der Waals surface area (Å²) in [6.45, 7) is 2.07. The zero-order chi connectivity index (χ0) is 20.9. The first kappa shape index (κ1) is 20.1. The molecule has 0 aliphatic carbocycles. The smallest absolute Gasteiger partial charge is 0.255 e. The van der Waals surface area contributed by atoms with Crippen molar-refractivity contribution in [3.63, 3.8) is 0 Å². The molecule has 0 N–H and O–H groups in total. The number of methoxy groups -OCH3 is 1. The van der Waals surface area contributed by atoms with E-state index in [1.165, 1.54) is 11.1 Å². The monoisotopic (exact) mass is 402 g/mol. The molecule has 1 aliphatic heterocycles. The molecule has 5 heteroatoms. The fourth-order valence-corrected chi connectivity index (χ4v) is 4.01. The Morgan fingerprint density at radius 2 is 1.70 bits per heavy atom. The van der Waals surface area contributed by atoms with Crippen LogP contribution in [0, 0.1) is 0 Å². The van der Waals surface area contributed by atoms with Crippen molar-refractivity contribution in [2.45, 2.75) is 13.0 Å². The number of rotatable bonds is 6. The van der Waals surface area contributed by atoms with Crippen molar-refractivity contribution in [1.82, 2.24) is 9.80 Å². The van der Waals surface area contributed by atoms with Crippen LogP contribution in [0.2, 0.25) is 0 Å². The van der Waals surface area contributed by atoms with Crippen LogP contribution in [0.15, 0.2) is 66.7 Å². The van der Waals surface area contributed by atoms with Gasteiger partial charge in [-0.2, -0.15) is 0 Å². The van der Waals surface area contributed by atoms with Crippen LogP contribution in [0.5, 0.6) is 0 Å². The summed E-state index contributed by atoms with van der Waals surface area (Å²) in [5.41, 5.74) is 3.09. The Hall–Kier alpha value is -3.18. The van der Waals surface area contributed by atoms with E-state index in [9.17, 15) is 9.59 Å². The lowest BCUT2D eigenvalue weighted by molar-refractivity contribution is -0.133. The Balaban J connectivity index is 1.54. The fourth-order valence-electron chi connectivity index (χ4n) is 4.01. The lowest BCUT2D eigenvalue weighted by Crippen LogP contribution is -2.45. The molecule has 1 aliphatic rings. The highest BCUT2D eigenvalue weighted by atomic mass is 16.5. The molecule has 3 aromatic rings. The number of amides is 2. The molecule has 3 aromatic carbocycles. The minimum Gasteiger partial charge on any atom is -0.383 e. The molecule has 5 nitrogen and oxygen atoms in total. The van der Waals surface area contributed by atoms with Gasteiger partial charge in [0.05, 0.1) is 6.61 Å². The van der Waals surface area contributed by atoms with Crippen molar-refractivity contribution in [3.05, 3.63) is 83.4 Å². The maximum absolute atomic E-state index is 13.4. The van der Waals surface area contributed by atoms with Crippen LogP contribution in [-0.4, -0.2) is 55.0 Å². The first-order chi connectivity index (χ1) is 14.7. The topological polar surface area (TPSA) is 49.9 Å². The summed E-state index contributed by atoms with van der Waals surface area (Å²) in [7, 11) is 1.60. The third kappa shape index (κ3) is 4.21. The van der Waals surface area contributed by atoms with Crippen LogP contribution >= 0.6 is 0 Å². The van der Waals surface area contributed by atoms with E-state index in [0.29, 0.717) is 31.8 Å². The van der Waals surface area contributed by atoms with Gasteiger partial charge in [-0.05, 0) is 34.4 Å². The van der Waals surface area contributed by atoms with Crippen molar-refractivity contribution < 1.29 is 14.3 Å². The van der Waals surface area contributed by atoms with E-state index in [2.05, 4.69) is 12.1 Å². The second-order valence-electron chi connectivity index (χ2n) is 7.58. The van der Waals surface area contributed by atoms with Gasteiger partial charge < -0.3 is 14.5 Å². The van der Waals surface area contributed by atoms with Gasteiger partial charge in [-0.15, -0.1) is 0 Å². The van der Waals surface area contributed by atoms with Crippen molar-refractivity contribution in [1.29, 1.82) is 0 Å². The molecule has 0 bridgehead atoms. The SMILES string of the molecule is COCCN(CC(=O)N1CCc2ccccc2C1)C(=O)c1cccc2ccccc12. The van der Waals surface area contributed by atoms with Gasteiger partial charge in [0.2, 0.25) is 5.91 Å². The van der Waals surface area contributed by atoms with Gasteiger partial charge >= 0.3 is 0 Å². The van der Waals surface area contributed by atoms with Gasteiger partial charge in [0, 0.05) is 32.3 Å². The summed E-state index contributed by atoms with van der Waals surface area (Å²) in [5, 5.41) is 1.90. The van der Waals surface area contributed by atoms with E-state index >= 15 is 0 Å². The molecule has 2 amide bonds. The van der Waals surface area contributed by atoms with Gasteiger partial charge in [-0.1, -0.05) is 60.7 Å². The number of hydrogen-bond acceptors (Lipinski definition) is 3. The molecule has 0 unspecified atom stereocenters. The van der Waals surface area contributed by atoms with Crippen molar-refractivity contribution >= 4 is 22.6 Å². The minimum absolute atomic E-state index is 0.0332. The van der Waals surface area contributed by atoms with Crippen LogP contribution in [0.1, 0.15) is 21.5 Å². The summed E-state index contributed by atoms with van der Waals surface area (Å²) in [6, 6.07) is 21.7. The fraction of sp³-hybridized carbons (Fsp3) is 0.280. The Bertz CT molecular complexity index is 1060. The summed E-state index contributed by atoms with van der Waals surface area (Å²) in [4.78, 5) is 29.9. The maximum Gasteiger partial charge on any atom is 0.255 e. The van der Waals surface area contributed by atoms with Gasteiger partial charge in [0.1, 0.15) is 6.54 Å². The number of fused-ring (bicyclic) bond motifs is 2. The third-order valence-electron chi connectivity index (χ3n) is 5.68. The molecule has 30 heavy (non-hydrogen) atoms. The number of nitrogens with zero attached hydrogens (tertiary/aromatic N) is 2. The lowest BCUT2D eigenvalue weighted by atomic mass is 10.00. The van der Waals surface area contributed by atoms with E-state index in [1.807, 2.05) is 59.5 Å². The van der Waals surface area contributed by atoms with Crippen molar-refractivity contribution in [3.8, 4) is 0 Å². The normalized spacial score (nSPS) is 13.2. The molecule has 154 valence electrons. The molecule has 0 spiro atoms. The second-order valence-corrected chi connectivity index (χ2v) is 7.58. The summed E-state index contributed by atoms with van der Waals surface area (Å²) < 4.78 is 5.20. The Morgan fingerprint density at radius 1 is 0.967 bits per heavy atom. The largest absolute Gasteiger partial charge is 0.383 e. The highest BCUT2D eigenvalue weighted by Gasteiger charge is 2.25. The number of carbonyl (C=O) groups is 2. The Kier molecular flexibility index (Phi) is 6.10. The van der Waals surface area contributed by atoms with Gasteiger partial charge in [-0.25, -0.2) is 0 Å². The van der Waals surface area contributed by atoms with E-state index in [1.54, 1.807) is 12.0 Å². The standard InChI is InChI=1S/C25H26N2O3/c1-30-16-15-27(25(29)23-12-6-10-20-8-4-5-11-22(20)23)18-24(28)26-14-13-19-7-2-3-9-21(19)17-26/h2-12H,13-18H2,1H3. The van der Waals surface area contributed by atoms with Crippen LogP contribution in [0.3, 0.4) is 0 Å². The molecule has 0 fully saturated rings. The quantitative estimate of drug-likeness (QED) is 0.634. The van der Waals surface area contributed by atoms with E-state index in [-0.39, 0.29) is 18.4 Å². The van der Waals surface area contributed by atoms with Crippen LogP contribution in [0.25, 0.3) is 10.8 Å². The molecular weight excluding hydrogens is 376 g/mol. The summed E-state index contributed by atoms with van der Waals surface area (Å²) in [5.74, 6) is -0.177. The molecule has 0 aromatic heterocycles. The van der Waals surface area contributed by atoms with E-state index in [4.69, 9.17) is 4.74 Å². The number of carbonyl (C=O) groups excluding carboxylic acids is 2. The first-order valence-electron chi connectivity index (χ1n) is 10.3. The zero-order valence-corrected chi connectivity index (χ0v) is 17.2. The molecular formula is C25H26N2O3. The predicted molar refractivity (Wildman–Crippen MR) is 117 cm³/mol. The van der Waals surface area contributed by atoms with Crippen LogP contribution < -0.4 is 0 Å². The summed E-state index contributed by atoms with van der Waals surface area (Å²) >= 11 is 0. The number of hydrogen-bond donors (Lipinski definition) is 0. The second kappa shape index (κ2) is 9.09. The molecule has 0 saturated carbocycles. The average molecular weight is 402 g/mol. The molecule has 0 radical (unpaired) electrons. The molecule has 0 saturated heterocycles. The van der Waals surface area contributed by atoms with E-state index < -0.39 is 0 Å². The third-order valence-corrected chi connectivity index (χ3v) is 5.68. The van der Waals surface area contributed by atoms with Crippen LogP contribution in [0.4, 0.5) is 0 Å². The van der Waals surface area contributed by atoms with E-state index in [0.717, 1.165) is 17.2 Å². The van der Waals surface area contributed by atoms with Crippen LogP contribution in [-0.2, 0) is 22.5 Å². The minimum atomic E-state index is -0.144. The lowest BCUT2D eigenvalue weighted by Gasteiger charge is -2.31. The maximum atomic E-state index is 13.4. The molecule has 4 rings (SSSR count). The van der Waals surface area contributed by atoms with Crippen molar-refractivity contribution in [2.75, 3.05) is 33.4 Å². The van der Waals surface area contributed by atoms with Gasteiger partial charge in [0.15, 0.2) is 0 Å². The Labute approximate surface area is 176 Å². The summed E-state index contributed by atoms with van der Waals surface area (Å²) in [6.07, 6.45) is 0.844. The highest BCUT2D eigenvalue weighted by molar-refractivity contribution is 6.07. The molecule has 0 atom stereocenters. The zero-order valence-electron chi connectivity index (χ0n) is 17.2. The van der Waals surface area contributed by atoms with Gasteiger partial charge in [-0.3, -0.25) is 9.59 Å². The molecule has 1 heterocycles. The van der Waals surface area contributed by atoms with Gasteiger partial charge in [0.25, 0.3) is 5.91 Å². The first-order valence-corrected chi connectivity index (χ1v) is 10.3.